The van der Waals surface area contributed by atoms with E-state index >= 15 is 0 Å². The molecule has 5 nitrogen and oxygen atoms in total. The molecule has 4 rings (SSSR count). The van der Waals surface area contributed by atoms with Gasteiger partial charge in [-0.15, -0.1) is 0 Å². The molecule has 3 aliphatic heterocycles. The predicted octanol–water partition coefficient (Wildman–Crippen LogP) is 2.27. The normalized spacial score (nSPS) is 23.4. The van der Waals surface area contributed by atoms with Crippen molar-refractivity contribution in [2.45, 2.75) is 25.8 Å². The molecule has 0 radical (unpaired) electrons. The summed E-state index contributed by atoms with van der Waals surface area (Å²) in [5.74, 6) is 0.633. The van der Waals surface area contributed by atoms with Crippen molar-refractivity contribution in [1.82, 2.24) is 14.7 Å². The van der Waals surface area contributed by atoms with Crippen LogP contribution in [0.5, 0.6) is 0 Å². The first-order chi connectivity index (χ1) is 11.8. The van der Waals surface area contributed by atoms with E-state index in [0.717, 1.165) is 38.0 Å². The average Bonchev–Trinajstić information content (AvgIpc) is 2.87. The molecule has 3 saturated heterocycles. The van der Waals surface area contributed by atoms with Gasteiger partial charge in [-0.1, -0.05) is 11.6 Å². The average molecular weight is 364 g/mol. The van der Waals surface area contributed by atoms with Crippen LogP contribution in [-0.4, -0.2) is 72.8 Å². The lowest BCUT2D eigenvalue weighted by Crippen LogP contribution is -2.47. The van der Waals surface area contributed by atoms with Gasteiger partial charge in [0.1, 0.15) is 0 Å². The number of benzene rings is 1. The number of nitrogens with zero attached hydrogens (tertiary/aromatic N) is 3. The van der Waals surface area contributed by atoms with E-state index in [-0.39, 0.29) is 17.9 Å². The second-order valence-electron chi connectivity index (χ2n) is 7.50. The summed E-state index contributed by atoms with van der Waals surface area (Å²) in [6.07, 6.45) is 2.14. The molecular formula is C19H26ClN3O2. The molecule has 1 aromatic rings. The van der Waals surface area contributed by atoms with Gasteiger partial charge >= 0.3 is 0 Å². The zero-order valence-corrected chi connectivity index (χ0v) is 15.9. The van der Waals surface area contributed by atoms with Crippen LogP contribution in [0.2, 0.25) is 5.02 Å². The van der Waals surface area contributed by atoms with Gasteiger partial charge in [0.15, 0.2) is 0 Å². The van der Waals surface area contributed by atoms with Gasteiger partial charge in [-0.3, -0.25) is 14.5 Å². The van der Waals surface area contributed by atoms with Gasteiger partial charge in [0, 0.05) is 50.4 Å². The monoisotopic (exact) mass is 363 g/mol. The summed E-state index contributed by atoms with van der Waals surface area (Å²) in [6, 6.07) is 5.65. The maximum Gasteiger partial charge on any atom is 0.254 e. The molecule has 6 heteroatoms. The summed E-state index contributed by atoms with van der Waals surface area (Å²) in [6.45, 7) is 4.79. The minimum Gasteiger partial charge on any atom is -0.348 e. The topological polar surface area (TPSA) is 43.9 Å². The molecule has 0 unspecified atom stereocenters. The fraction of sp³-hybridized carbons (Fsp3) is 0.579. The van der Waals surface area contributed by atoms with Gasteiger partial charge in [0.2, 0.25) is 5.91 Å². The van der Waals surface area contributed by atoms with E-state index in [2.05, 4.69) is 4.90 Å². The van der Waals surface area contributed by atoms with Crippen molar-refractivity contribution in [2.75, 3.05) is 40.3 Å². The minimum atomic E-state index is 0.0789. The summed E-state index contributed by atoms with van der Waals surface area (Å²) < 4.78 is 0. The summed E-state index contributed by atoms with van der Waals surface area (Å²) >= 11 is 6.09. The summed E-state index contributed by atoms with van der Waals surface area (Å²) in [7, 11) is 3.57. The molecule has 0 saturated carbocycles. The second-order valence-corrected chi connectivity index (χ2v) is 7.91. The Morgan fingerprint density at radius 2 is 1.96 bits per heavy atom. The molecule has 3 fully saturated rings. The highest BCUT2D eigenvalue weighted by molar-refractivity contribution is 6.31. The van der Waals surface area contributed by atoms with Crippen molar-refractivity contribution >= 4 is 23.4 Å². The van der Waals surface area contributed by atoms with Gasteiger partial charge in [-0.2, -0.15) is 0 Å². The Hall–Kier alpha value is -1.59. The Morgan fingerprint density at radius 1 is 1.20 bits per heavy atom. The van der Waals surface area contributed by atoms with Crippen molar-refractivity contribution < 1.29 is 9.59 Å². The van der Waals surface area contributed by atoms with Crippen LogP contribution in [0.4, 0.5) is 0 Å². The molecule has 1 aromatic carbocycles. The first-order valence-electron chi connectivity index (χ1n) is 8.84. The quantitative estimate of drug-likeness (QED) is 0.827. The Labute approximate surface area is 154 Å². The molecule has 0 aliphatic carbocycles. The Morgan fingerprint density at radius 3 is 2.64 bits per heavy atom. The fourth-order valence-corrected chi connectivity index (χ4v) is 3.95. The molecule has 0 N–H and O–H groups in total. The number of hydrogen-bond acceptors (Lipinski definition) is 3. The largest absolute Gasteiger partial charge is 0.348 e. The number of carbonyl (C=O) groups excluding carboxylic acids is 2. The van der Waals surface area contributed by atoms with Crippen LogP contribution in [0.3, 0.4) is 0 Å². The highest BCUT2D eigenvalue weighted by Gasteiger charge is 2.38. The first-order valence-corrected chi connectivity index (χ1v) is 9.22. The van der Waals surface area contributed by atoms with Crippen molar-refractivity contribution in [3.8, 4) is 0 Å². The zero-order chi connectivity index (χ0) is 18.1. The van der Waals surface area contributed by atoms with Crippen molar-refractivity contribution in [3.05, 3.63) is 34.3 Å². The molecule has 0 aromatic heterocycles. The lowest BCUT2D eigenvalue weighted by atomic mass is 9.94. The first kappa shape index (κ1) is 18.2. The van der Waals surface area contributed by atoms with Gasteiger partial charge in [-0.05, 0) is 49.4 Å². The summed E-state index contributed by atoms with van der Waals surface area (Å²) in [4.78, 5) is 30.9. The molecule has 2 amide bonds. The Kier molecular flexibility index (Phi) is 5.35. The van der Waals surface area contributed by atoms with Crippen molar-refractivity contribution in [2.24, 2.45) is 5.92 Å². The van der Waals surface area contributed by atoms with E-state index in [0.29, 0.717) is 23.0 Å². The van der Waals surface area contributed by atoms with E-state index in [1.807, 2.05) is 24.0 Å². The van der Waals surface area contributed by atoms with E-state index < -0.39 is 0 Å². The molecular weight excluding hydrogens is 338 g/mol. The zero-order valence-electron chi connectivity index (χ0n) is 15.2. The number of carbonyl (C=O) groups is 2. The van der Waals surface area contributed by atoms with Crippen LogP contribution in [0, 0.1) is 12.8 Å². The van der Waals surface area contributed by atoms with E-state index in [1.54, 1.807) is 25.1 Å². The Bertz CT molecular complexity index is 677. The molecule has 3 aliphatic rings. The van der Waals surface area contributed by atoms with E-state index in [4.69, 9.17) is 11.6 Å². The molecule has 25 heavy (non-hydrogen) atoms. The van der Waals surface area contributed by atoms with Crippen molar-refractivity contribution in [1.29, 1.82) is 0 Å². The third-order valence-corrected chi connectivity index (χ3v) is 5.74. The molecule has 0 spiro atoms. The maximum atomic E-state index is 13.0. The third-order valence-electron chi connectivity index (χ3n) is 5.31. The number of piperidine rings is 1. The predicted molar refractivity (Wildman–Crippen MR) is 98.9 cm³/mol. The minimum absolute atomic E-state index is 0.0789. The molecule has 3 heterocycles. The lowest BCUT2D eigenvalue weighted by Gasteiger charge is -2.36. The highest BCUT2D eigenvalue weighted by Crippen LogP contribution is 2.29. The van der Waals surface area contributed by atoms with Crippen LogP contribution in [-0.2, 0) is 4.79 Å². The molecule has 2 atom stereocenters. The van der Waals surface area contributed by atoms with Crippen LogP contribution < -0.4 is 0 Å². The maximum absolute atomic E-state index is 13.0. The van der Waals surface area contributed by atoms with E-state index in [9.17, 15) is 9.59 Å². The fourth-order valence-electron chi connectivity index (χ4n) is 3.83. The van der Waals surface area contributed by atoms with Crippen LogP contribution in [0.1, 0.15) is 28.8 Å². The number of halogens is 1. The highest BCUT2D eigenvalue weighted by atomic mass is 35.5. The number of amides is 2. The van der Waals surface area contributed by atoms with Gasteiger partial charge in [-0.25, -0.2) is 0 Å². The number of hydrogen-bond donors (Lipinski definition) is 0. The van der Waals surface area contributed by atoms with Gasteiger partial charge in [0.05, 0.1) is 6.54 Å². The number of fused-ring (bicyclic) bond motifs is 4. The molecule has 2 bridgehead atoms. The van der Waals surface area contributed by atoms with Crippen molar-refractivity contribution in [3.63, 3.8) is 0 Å². The SMILES string of the molecule is Cc1cc(C(=O)N2C[C@H]3CC[C@@H]2CN(CC(=O)N(C)C)C3)ccc1Cl. The number of rotatable bonds is 3. The van der Waals surface area contributed by atoms with Gasteiger partial charge < -0.3 is 9.80 Å². The van der Waals surface area contributed by atoms with E-state index in [1.165, 1.54) is 0 Å². The number of aryl methyl sites for hydroxylation is 1. The van der Waals surface area contributed by atoms with Crippen LogP contribution >= 0.6 is 11.6 Å². The summed E-state index contributed by atoms with van der Waals surface area (Å²) in [5, 5.41) is 0.683. The second kappa shape index (κ2) is 7.34. The van der Waals surface area contributed by atoms with Crippen LogP contribution in [0.25, 0.3) is 0 Å². The smallest absolute Gasteiger partial charge is 0.254 e. The van der Waals surface area contributed by atoms with Gasteiger partial charge in [0.25, 0.3) is 5.91 Å². The number of likely N-dealkylation sites (N-methyl/N-ethyl adjacent to an activating group) is 1. The standard InChI is InChI=1S/C19H26ClN3O2/c1-13-8-15(5-7-17(13)20)19(25)23-10-14-4-6-16(23)11-22(9-14)12-18(24)21(2)3/h5,7-8,14,16H,4,6,9-12H2,1-3H3/t14-,16+/m0/s1. The summed E-state index contributed by atoms with van der Waals surface area (Å²) in [5.41, 5.74) is 1.62. The lowest BCUT2D eigenvalue weighted by molar-refractivity contribution is -0.129. The third kappa shape index (κ3) is 3.98. The Balaban J connectivity index is 1.75. The molecule has 136 valence electrons. The van der Waals surface area contributed by atoms with Crippen LogP contribution in [0.15, 0.2) is 18.2 Å².